The van der Waals surface area contributed by atoms with E-state index in [4.69, 9.17) is 14.2 Å². The highest BCUT2D eigenvalue weighted by atomic mass is 16.7. The first-order chi connectivity index (χ1) is 17.7. The lowest BCUT2D eigenvalue weighted by atomic mass is 9.72. The Labute approximate surface area is 224 Å². The summed E-state index contributed by atoms with van der Waals surface area (Å²) in [6, 6.07) is 0. The van der Waals surface area contributed by atoms with Crippen LogP contribution in [0, 0.1) is 5.41 Å². The van der Waals surface area contributed by atoms with E-state index in [1.807, 2.05) is 6.08 Å². The van der Waals surface area contributed by atoms with E-state index >= 15 is 0 Å². The molecule has 38 heavy (non-hydrogen) atoms. The second kappa shape index (κ2) is 12.3. The zero-order valence-electron chi connectivity index (χ0n) is 22.7. The average molecular weight is 547 g/mol. The molecule has 0 bridgehead atoms. The second-order valence-electron chi connectivity index (χ2n) is 11.8. The summed E-state index contributed by atoms with van der Waals surface area (Å²) in [4.78, 5) is 0. The molecule has 0 aromatic heterocycles. The van der Waals surface area contributed by atoms with E-state index in [1.165, 1.54) is 18.1 Å². The molecule has 3 rings (SSSR count). The van der Waals surface area contributed by atoms with Crippen LogP contribution in [0.2, 0.25) is 0 Å². The van der Waals surface area contributed by atoms with Gasteiger partial charge in [0.25, 0.3) is 0 Å². The highest BCUT2D eigenvalue weighted by Gasteiger charge is 2.62. The van der Waals surface area contributed by atoms with Gasteiger partial charge < -0.3 is 55.1 Å². The van der Waals surface area contributed by atoms with Gasteiger partial charge in [-0.2, -0.15) is 0 Å². The zero-order chi connectivity index (χ0) is 28.5. The van der Waals surface area contributed by atoms with Crippen LogP contribution in [0.25, 0.3) is 0 Å². The smallest absolute Gasteiger partial charge is 0.187 e. The predicted molar refractivity (Wildman–Crippen MR) is 136 cm³/mol. The van der Waals surface area contributed by atoms with Crippen LogP contribution in [-0.2, 0) is 14.2 Å². The number of aliphatic hydroxyl groups is 8. The zero-order valence-corrected chi connectivity index (χ0v) is 22.7. The summed E-state index contributed by atoms with van der Waals surface area (Å²) in [5.74, 6) is 0. The van der Waals surface area contributed by atoms with Crippen molar-refractivity contribution in [1.82, 2.24) is 0 Å². The largest absolute Gasteiger partial charge is 0.394 e. The molecule has 0 saturated carbocycles. The first kappa shape index (κ1) is 31.6. The maximum absolute atomic E-state index is 11.2. The molecule has 11 nitrogen and oxygen atoms in total. The van der Waals surface area contributed by atoms with Crippen LogP contribution in [-0.4, -0.2) is 114 Å². The number of allylic oxidation sites excluding steroid dienone is 4. The van der Waals surface area contributed by atoms with E-state index in [2.05, 4.69) is 26.8 Å². The second-order valence-corrected chi connectivity index (χ2v) is 11.8. The van der Waals surface area contributed by atoms with Gasteiger partial charge in [-0.15, -0.1) is 0 Å². The highest BCUT2D eigenvalue weighted by Crippen LogP contribution is 2.43. The number of unbranched alkanes of at least 4 members (excludes halogenated alkanes) is 1. The van der Waals surface area contributed by atoms with Crippen LogP contribution in [0.5, 0.6) is 0 Å². The summed E-state index contributed by atoms with van der Waals surface area (Å²) in [6.07, 6.45) is -4.60. The minimum absolute atomic E-state index is 0.0842. The standard InChI is InChI=1S/C27H46O11/c1-15-9-8-11-25(2,3)16(15)10-6-5-7-12-27(14-29)24(26(4,35)21(33)22(34)38-27)37-23-20(32)19(31)18(30)17(13-28)36-23/h6,10,17-24,28-35H,5,7-9,11-14H2,1-4H3/t17-,18-,19+,20-,21+,22?,23+,24+,26-,27-/m1/s1. The summed E-state index contributed by atoms with van der Waals surface area (Å²) >= 11 is 0. The van der Waals surface area contributed by atoms with Gasteiger partial charge in [0.2, 0.25) is 0 Å². The summed E-state index contributed by atoms with van der Waals surface area (Å²) in [6.45, 7) is 6.39. The average Bonchev–Trinajstić information content (AvgIpc) is 2.86. The van der Waals surface area contributed by atoms with Crippen molar-refractivity contribution < 1.29 is 55.1 Å². The summed E-state index contributed by atoms with van der Waals surface area (Å²) in [5.41, 5.74) is -1.14. The molecule has 2 aliphatic heterocycles. The molecule has 0 aromatic carbocycles. The van der Waals surface area contributed by atoms with E-state index < -0.39 is 73.6 Å². The van der Waals surface area contributed by atoms with Gasteiger partial charge in [0.05, 0.1) is 13.2 Å². The molecule has 2 saturated heterocycles. The quantitative estimate of drug-likeness (QED) is 0.176. The van der Waals surface area contributed by atoms with Gasteiger partial charge in [0.15, 0.2) is 12.6 Å². The van der Waals surface area contributed by atoms with E-state index in [0.29, 0.717) is 12.8 Å². The molecule has 1 unspecified atom stereocenters. The van der Waals surface area contributed by atoms with Gasteiger partial charge in [-0.25, -0.2) is 0 Å². The SMILES string of the molecule is CC1=C(C=CCCC[C@]2(CO)OC(O)[C@H](O)[C@@](C)(O)[C@@H]2O[C@@H]2O[C@H](CO)[C@@H](O)[C@H](O)[C@H]2O)C(C)(C)CCC1. The maximum Gasteiger partial charge on any atom is 0.187 e. The van der Waals surface area contributed by atoms with Gasteiger partial charge in [-0.05, 0) is 63.4 Å². The van der Waals surface area contributed by atoms with E-state index in [1.54, 1.807) is 0 Å². The minimum atomic E-state index is -2.18. The molecule has 220 valence electrons. The molecule has 0 amide bonds. The Morgan fingerprint density at radius 2 is 1.71 bits per heavy atom. The fraction of sp³-hybridized carbons (Fsp3) is 0.852. The molecule has 3 aliphatic rings. The Morgan fingerprint density at radius 1 is 1.03 bits per heavy atom. The van der Waals surface area contributed by atoms with E-state index in [0.717, 1.165) is 19.3 Å². The van der Waals surface area contributed by atoms with Crippen LogP contribution in [0.15, 0.2) is 23.3 Å². The summed E-state index contributed by atoms with van der Waals surface area (Å²) in [5, 5.41) is 82.7. The van der Waals surface area contributed by atoms with Crippen LogP contribution in [0.4, 0.5) is 0 Å². The van der Waals surface area contributed by atoms with Crippen molar-refractivity contribution in [1.29, 1.82) is 0 Å². The van der Waals surface area contributed by atoms with Crippen molar-refractivity contribution >= 4 is 0 Å². The molecular formula is C27H46O11. The van der Waals surface area contributed by atoms with Crippen molar-refractivity contribution in [2.45, 2.75) is 127 Å². The van der Waals surface area contributed by atoms with Crippen LogP contribution < -0.4 is 0 Å². The van der Waals surface area contributed by atoms with Crippen molar-refractivity contribution in [3.8, 4) is 0 Å². The molecule has 8 N–H and O–H groups in total. The molecule has 0 radical (unpaired) electrons. The van der Waals surface area contributed by atoms with Gasteiger partial charge >= 0.3 is 0 Å². The summed E-state index contributed by atoms with van der Waals surface area (Å²) < 4.78 is 16.9. The normalized spacial score (nSPS) is 44.1. The number of rotatable bonds is 9. The van der Waals surface area contributed by atoms with Crippen molar-refractivity contribution in [3.63, 3.8) is 0 Å². The Morgan fingerprint density at radius 3 is 2.32 bits per heavy atom. The van der Waals surface area contributed by atoms with Gasteiger partial charge in [0.1, 0.15) is 47.8 Å². The topological polar surface area (TPSA) is 190 Å². The Bertz CT molecular complexity index is 854. The molecule has 10 atom stereocenters. The molecule has 0 spiro atoms. The third kappa shape index (κ3) is 6.18. The first-order valence-electron chi connectivity index (χ1n) is 13.4. The lowest BCUT2D eigenvalue weighted by molar-refractivity contribution is -0.397. The maximum atomic E-state index is 11.2. The number of hydrogen-bond acceptors (Lipinski definition) is 11. The van der Waals surface area contributed by atoms with Gasteiger partial charge in [-0.1, -0.05) is 31.6 Å². The van der Waals surface area contributed by atoms with Crippen LogP contribution in [0.3, 0.4) is 0 Å². The van der Waals surface area contributed by atoms with Gasteiger partial charge in [0, 0.05) is 0 Å². The monoisotopic (exact) mass is 546 g/mol. The Kier molecular flexibility index (Phi) is 10.2. The van der Waals surface area contributed by atoms with E-state index in [9.17, 15) is 40.9 Å². The fourth-order valence-corrected chi connectivity index (χ4v) is 6.04. The number of aliphatic hydroxyl groups excluding tert-OH is 7. The molecule has 0 aromatic rings. The Hall–Kier alpha value is -0.960. The highest BCUT2D eigenvalue weighted by molar-refractivity contribution is 5.32. The molecule has 2 heterocycles. The lowest BCUT2D eigenvalue weighted by Crippen LogP contribution is -2.73. The lowest BCUT2D eigenvalue weighted by Gasteiger charge is -2.54. The third-order valence-electron chi connectivity index (χ3n) is 8.42. The van der Waals surface area contributed by atoms with Gasteiger partial charge in [-0.3, -0.25) is 0 Å². The van der Waals surface area contributed by atoms with E-state index in [-0.39, 0.29) is 11.8 Å². The summed E-state index contributed by atoms with van der Waals surface area (Å²) in [7, 11) is 0. The first-order valence-corrected chi connectivity index (χ1v) is 13.4. The minimum Gasteiger partial charge on any atom is -0.394 e. The Balaban J connectivity index is 1.79. The molecule has 11 heteroatoms. The fourth-order valence-electron chi connectivity index (χ4n) is 6.04. The van der Waals surface area contributed by atoms with Crippen molar-refractivity contribution in [2.75, 3.05) is 13.2 Å². The molecule has 2 fully saturated rings. The van der Waals surface area contributed by atoms with Crippen molar-refractivity contribution in [3.05, 3.63) is 23.3 Å². The van der Waals surface area contributed by atoms with Crippen LogP contribution in [0.1, 0.15) is 66.2 Å². The third-order valence-corrected chi connectivity index (χ3v) is 8.42. The van der Waals surface area contributed by atoms with Crippen molar-refractivity contribution in [2.24, 2.45) is 5.41 Å². The number of ether oxygens (including phenoxy) is 3. The number of hydrogen-bond donors (Lipinski definition) is 8. The molecular weight excluding hydrogens is 500 g/mol. The molecule has 1 aliphatic carbocycles. The predicted octanol–water partition coefficient (Wildman–Crippen LogP) is -0.384. The van der Waals surface area contributed by atoms with Crippen LogP contribution >= 0.6 is 0 Å².